The highest BCUT2D eigenvalue weighted by Crippen LogP contribution is 2.22. The fraction of sp³-hybridized carbons (Fsp3) is 0.632. The third-order valence-corrected chi connectivity index (χ3v) is 5.39. The average molecular weight is 381 g/mol. The number of rotatable bonds is 7. The van der Waals surface area contributed by atoms with Gasteiger partial charge in [0.15, 0.2) is 0 Å². The Morgan fingerprint density at radius 3 is 2.35 bits per heavy atom. The number of amides is 1. The highest BCUT2D eigenvalue weighted by Gasteiger charge is 2.20. The van der Waals surface area contributed by atoms with Gasteiger partial charge in [0, 0.05) is 71.9 Å². The van der Waals surface area contributed by atoms with Crippen molar-refractivity contribution in [2.45, 2.75) is 6.42 Å². The first-order chi connectivity index (χ1) is 12.7. The zero-order chi connectivity index (χ0) is 18.2. The topological polar surface area (TPSA) is 48.1 Å². The largest absolute Gasteiger partial charge is 0.491 e. The van der Waals surface area contributed by atoms with Gasteiger partial charge in [-0.05, 0) is 12.1 Å². The van der Waals surface area contributed by atoms with E-state index in [1.807, 2.05) is 29.2 Å². The molecule has 1 amide bonds. The van der Waals surface area contributed by atoms with E-state index < -0.39 is 0 Å². The molecule has 0 aliphatic carbocycles. The summed E-state index contributed by atoms with van der Waals surface area (Å²) in [7, 11) is 0. The quantitative estimate of drug-likeness (QED) is 0.769. The molecule has 0 bridgehead atoms. The molecule has 0 radical (unpaired) electrons. The van der Waals surface area contributed by atoms with E-state index in [1.54, 1.807) is 0 Å². The van der Waals surface area contributed by atoms with Crippen LogP contribution in [-0.4, -0.2) is 92.7 Å². The van der Waals surface area contributed by atoms with Gasteiger partial charge in [-0.2, -0.15) is 0 Å². The number of ether oxygens (including phenoxy) is 1. The number of benzene rings is 1. The second kappa shape index (κ2) is 10.1. The molecule has 2 saturated heterocycles. The van der Waals surface area contributed by atoms with Crippen molar-refractivity contribution >= 4 is 17.5 Å². The molecule has 1 aromatic carbocycles. The number of nitrogens with one attached hydrogen (secondary N) is 1. The summed E-state index contributed by atoms with van der Waals surface area (Å²) in [6.07, 6.45) is 0.635. The molecule has 0 atom stereocenters. The maximum absolute atomic E-state index is 12.2. The Hall–Kier alpha value is -1.34. The minimum atomic E-state index is 0.294. The molecule has 7 heteroatoms. The van der Waals surface area contributed by atoms with Crippen LogP contribution >= 0.6 is 11.6 Å². The van der Waals surface area contributed by atoms with Crippen LogP contribution in [0.25, 0.3) is 0 Å². The molecular weight excluding hydrogens is 352 g/mol. The predicted molar refractivity (Wildman–Crippen MR) is 104 cm³/mol. The van der Waals surface area contributed by atoms with Gasteiger partial charge in [-0.3, -0.25) is 9.69 Å². The normalized spacial score (nSPS) is 19.5. The van der Waals surface area contributed by atoms with Gasteiger partial charge in [0.25, 0.3) is 0 Å². The molecule has 144 valence electrons. The van der Waals surface area contributed by atoms with Gasteiger partial charge >= 0.3 is 0 Å². The lowest BCUT2D eigenvalue weighted by Crippen LogP contribution is -2.49. The van der Waals surface area contributed by atoms with Crippen LogP contribution in [0.2, 0.25) is 5.02 Å². The molecule has 0 aromatic heterocycles. The fourth-order valence-electron chi connectivity index (χ4n) is 3.41. The van der Waals surface area contributed by atoms with Gasteiger partial charge in [-0.15, -0.1) is 0 Å². The summed E-state index contributed by atoms with van der Waals surface area (Å²) in [5.74, 6) is 1.04. The lowest BCUT2D eigenvalue weighted by atomic mass is 10.2. The minimum Gasteiger partial charge on any atom is -0.491 e. The molecule has 2 aliphatic heterocycles. The van der Waals surface area contributed by atoms with Gasteiger partial charge in [0.1, 0.15) is 12.4 Å². The van der Waals surface area contributed by atoms with Crippen LogP contribution in [0, 0.1) is 0 Å². The molecule has 0 spiro atoms. The fourth-order valence-corrected chi connectivity index (χ4v) is 3.60. The summed E-state index contributed by atoms with van der Waals surface area (Å²) in [6, 6.07) is 7.58. The molecule has 2 aliphatic rings. The van der Waals surface area contributed by atoms with Gasteiger partial charge in [0.05, 0.1) is 5.02 Å². The first-order valence-corrected chi connectivity index (χ1v) is 9.91. The van der Waals surface area contributed by atoms with Crippen molar-refractivity contribution in [1.82, 2.24) is 20.0 Å². The zero-order valence-corrected chi connectivity index (χ0v) is 16.1. The number of hydrogen-bond acceptors (Lipinski definition) is 5. The van der Waals surface area contributed by atoms with Gasteiger partial charge in [-0.25, -0.2) is 0 Å². The van der Waals surface area contributed by atoms with E-state index in [1.165, 1.54) is 0 Å². The minimum absolute atomic E-state index is 0.294. The summed E-state index contributed by atoms with van der Waals surface area (Å²) in [5, 5.41) is 3.94. The molecule has 1 N–H and O–H groups in total. The Morgan fingerprint density at radius 1 is 1.00 bits per heavy atom. The van der Waals surface area contributed by atoms with Crippen LogP contribution in [0.15, 0.2) is 24.3 Å². The summed E-state index contributed by atoms with van der Waals surface area (Å²) in [5.41, 5.74) is 0. The first-order valence-electron chi connectivity index (χ1n) is 9.53. The summed E-state index contributed by atoms with van der Waals surface area (Å²) >= 11 is 6.10. The highest BCUT2D eigenvalue weighted by atomic mass is 35.5. The number of carbonyl (C=O) groups excluding carboxylic acids is 1. The molecule has 1 aromatic rings. The van der Waals surface area contributed by atoms with Gasteiger partial charge in [-0.1, -0.05) is 23.7 Å². The maximum Gasteiger partial charge on any atom is 0.223 e. The number of piperazine rings is 2. The molecule has 2 fully saturated rings. The summed E-state index contributed by atoms with van der Waals surface area (Å²) in [4.78, 5) is 19.0. The van der Waals surface area contributed by atoms with Crippen LogP contribution in [0.3, 0.4) is 0 Å². The molecule has 0 unspecified atom stereocenters. The lowest BCUT2D eigenvalue weighted by molar-refractivity contribution is -0.132. The molecule has 3 rings (SSSR count). The van der Waals surface area contributed by atoms with Crippen LogP contribution in [0.5, 0.6) is 5.75 Å². The number of hydrogen-bond donors (Lipinski definition) is 1. The predicted octanol–water partition coefficient (Wildman–Crippen LogP) is 1.16. The zero-order valence-electron chi connectivity index (χ0n) is 15.3. The van der Waals surface area contributed by atoms with Gasteiger partial charge < -0.3 is 19.9 Å². The van der Waals surface area contributed by atoms with E-state index in [-0.39, 0.29) is 0 Å². The third-order valence-electron chi connectivity index (χ3n) is 5.08. The van der Waals surface area contributed by atoms with Crippen molar-refractivity contribution < 1.29 is 9.53 Å². The van der Waals surface area contributed by atoms with E-state index >= 15 is 0 Å². The van der Waals surface area contributed by atoms with E-state index in [9.17, 15) is 4.79 Å². The van der Waals surface area contributed by atoms with Crippen LogP contribution in [0.1, 0.15) is 6.42 Å². The number of nitrogens with zero attached hydrogens (tertiary/aromatic N) is 3. The van der Waals surface area contributed by atoms with Gasteiger partial charge in [0.2, 0.25) is 5.91 Å². The summed E-state index contributed by atoms with van der Waals surface area (Å²) in [6.45, 7) is 10.0. The van der Waals surface area contributed by atoms with E-state index in [0.717, 1.165) is 71.2 Å². The Morgan fingerprint density at radius 2 is 1.65 bits per heavy atom. The Bertz CT molecular complexity index is 572. The smallest absolute Gasteiger partial charge is 0.223 e. The van der Waals surface area contributed by atoms with Crippen molar-refractivity contribution in [3.05, 3.63) is 29.3 Å². The average Bonchev–Trinajstić information content (AvgIpc) is 2.69. The SMILES string of the molecule is O=C(CCN1CCN(CCOc2ccccc2Cl)CC1)N1CCNCC1. The monoisotopic (exact) mass is 380 g/mol. The number of halogens is 1. The van der Waals surface area contributed by atoms with E-state index in [4.69, 9.17) is 16.3 Å². The standard InChI is InChI=1S/C19H29ClN4O2/c20-17-3-1-2-4-18(17)26-16-15-23-13-11-22(12-14-23)8-5-19(25)24-9-6-21-7-10-24/h1-4,21H,5-16H2. The second-order valence-corrected chi connectivity index (χ2v) is 7.25. The molecule has 0 saturated carbocycles. The van der Waals surface area contributed by atoms with E-state index in [2.05, 4.69) is 15.1 Å². The van der Waals surface area contributed by atoms with Crippen molar-refractivity contribution in [3.63, 3.8) is 0 Å². The highest BCUT2D eigenvalue weighted by molar-refractivity contribution is 6.32. The van der Waals surface area contributed by atoms with Crippen molar-refractivity contribution in [2.24, 2.45) is 0 Å². The molecular formula is C19H29ClN4O2. The third kappa shape index (κ3) is 5.84. The number of para-hydroxylation sites is 1. The molecule has 6 nitrogen and oxygen atoms in total. The lowest BCUT2D eigenvalue weighted by Gasteiger charge is -2.35. The summed E-state index contributed by atoms with van der Waals surface area (Å²) < 4.78 is 5.77. The Balaban J connectivity index is 1.29. The van der Waals surface area contributed by atoms with Crippen molar-refractivity contribution in [2.75, 3.05) is 72.1 Å². The van der Waals surface area contributed by atoms with Crippen LogP contribution in [0.4, 0.5) is 0 Å². The molecule has 2 heterocycles. The second-order valence-electron chi connectivity index (χ2n) is 6.84. The van der Waals surface area contributed by atoms with Crippen molar-refractivity contribution in [3.8, 4) is 5.75 Å². The number of carbonyl (C=O) groups is 1. The van der Waals surface area contributed by atoms with Crippen molar-refractivity contribution in [1.29, 1.82) is 0 Å². The maximum atomic E-state index is 12.2. The van der Waals surface area contributed by atoms with E-state index in [0.29, 0.717) is 24.0 Å². The first kappa shape index (κ1) is 19.4. The Labute approximate surface area is 161 Å². The molecule has 26 heavy (non-hydrogen) atoms. The Kier molecular flexibility index (Phi) is 7.55. The van der Waals surface area contributed by atoms with Crippen LogP contribution < -0.4 is 10.1 Å². The van der Waals surface area contributed by atoms with Crippen LogP contribution in [-0.2, 0) is 4.79 Å².